The molecule has 2 atom stereocenters. The zero-order valence-electron chi connectivity index (χ0n) is 11.0. The maximum Gasteiger partial charge on any atom is 0.244 e. The summed E-state index contributed by atoms with van der Waals surface area (Å²) in [6.07, 6.45) is 0.669. The molecule has 1 aliphatic rings. The third kappa shape index (κ3) is 2.97. The lowest BCUT2D eigenvalue weighted by Crippen LogP contribution is -2.51. The van der Waals surface area contributed by atoms with Crippen LogP contribution in [0.4, 0.5) is 0 Å². The second-order valence-corrected chi connectivity index (χ2v) is 7.75. The normalized spacial score (nSPS) is 25.6. The Bertz CT molecular complexity index is 529. The molecule has 1 aromatic rings. The quantitative estimate of drug-likeness (QED) is 0.800. The van der Waals surface area contributed by atoms with E-state index in [1.807, 2.05) is 13.8 Å². The Morgan fingerprint density at radius 3 is 2.95 bits per heavy atom. The van der Waals surface area contributed by atoms with Gasteiger partial charge in [0.05, 0.1) is 23.5 Å². The molecule has 0 spiro atoms. The number of alkyl halides is 1. The highest BCUT2D eigenvalue weighted by Crippen LogP contribution is 2.30. The topological polar surface area (TPSA) is 46.6 Å². The lowest BCUT2D eigenvalue weighted by atomic mass is 10.2. The largest absolute Gasteiger partial charge is 0.375 e. The zero-order chi connectivity index (χ0) is 14.0. The van der Waals surface area contributed by atoms with Gasteiger partial charge in [-0.1, -0.05) is 6.92 Å². The Labute approximate surface area is 123 Å². The first-order valence-electron chi connectivity index (χ1n) is 6.26. The van der Waals surface area contributed by atoms with Crippen molar-refractivity contribution >= 4 is 33.0 Å². The van der Waals surface area contributed by atoms with Crippen molar-refractivity contribution in [2.75, 3.05) is 13.2 Å². The van der Waals surface area contributed by atoms with Gasteiger partial charge in [-0.2, -0.15) is 4.31 Å². The summed E-state index contributed by atoms with van der Waals surface area (Å²) in [6, 6.07) is 1.55. The number of halogens is 1. The Balaban J connectivity index is 2.37. The number of nitrogens with zero attached hydrogens (tertiary/aromatic N) is 1. The fourth-order valence-corrected chi connectivity index (χ4v) is 5.65. The minimum atomic E-state index is -3.48. The SMILES string of the molecule is CCC1COC(C)CN1S(=O)(=O)c1ccsc1CCl. The average molecular weight is 324 g/mol. The number of hydrogen-bond donors (Lipinski definition) is 0. The number of ether oxygens (including phenoxy) is 1. The molecule has 1 aromatic heterocycles. The zero-order valence-corrected chi connectivity index (χ0v) is 13.4. The van der Waals surface area contributed by atoms with Gasteiger partial charge in [0, 0.05) is 17.5 Å². The second kappa shape index (κ2) is 6.10. The van der Waals surface area contributed by atoms with E-state index in [0.29, 0.717) is 22.9 Å². The Morgan fingerprint density at radius 2 is 2.32 bits per heavy atom. The highest BCUT2D eigenvalue weighted by Gasteiger charge is 2.36. The molecule has 0 saturated carbocycles. The molecule has 108 valence electrons. The Kier molecular flexibility index (Phi) is 4.89. The summed E-state index contributed by atoms with van der Waals surface area (Å²) in [6.45, 7) is 4.72. The Hall–Kier alpha value is -0.140. The molecule has 1 aliphatic heterocycles. The van der Waals surface area contributed by atoms with Crippen LogP contribution in [0.2, 0.25) is 0 Å². The molecule has 0 amide bonds. The van der Waals surface area contributed by atoms with E-state index in [-0.39, 0.29) is 18.0 Å². The fraction of sp³-hybridized carbons (Fsp3) is 0.667. The van der Waals surface area contributed by atoms with E-state index in [9.17, 15) is 8.42 Å². The summed E-state index contributed by atoms with van der Waals surface area (Å²) in [5, 5.41) is 1.77. The van der Waals surface area contributed by atoms with Crippen molar-refractivity contribution in [3.8, 4) is 0 Å². The molecule has 1 saturated heterocycles. The molecule has 1 fully saturated rings. The van der Waals surface area contributed by atoms with Crippen LogP contribution in [0.3, 0.4) is 0 Å². The molecule has 2 heterocycles. The molecule has 7 heteroatoms. The molecule has 0 aromatic carbocycles. The molecule has 0 bridgehead atoms. The molecule has 2 unspecified atom stereocenters. The summed E-state index contributed by atoms with van der Waals surface area (Å²) in [5.74, 6) is 0.225. The number of rotatable bonds is 4. The first kappa shape index (κ1) is 15.3. The second-order valence-electron chi connectivity index (χ2n) is 4.62. The third-order valence-corrected chi connectivity index (χ3v) is 6.78. The van der Waals surface area contributed by atoms with Crippen LogP contribution in [-0.4, -0.2) is 38.0 Å². The van der Waals surface area contributed by atoms with E-state index in [0.717, 1.165) is 6.42 Å². The predicted octanol–water partition coefficient (Wildman–Crippen LogP) is 2.67. The molecule has 0 N–H and O–H groups in total. The van der Waals surface area contributed by atoms with E-state index in [1.54, 1.807) is 15.8 Å². The first-order valence-corrected chi connectivity index (χ1v) is 9.11. The molecule has 19 heavy (non-hydrogen) atoms. The monoisotopic (exact) mass is 323 g/mol. The van der Waals surface area contributed by atoms with Crippen molar-refractivity contribution in [1.82, 2.24) is 4.31 Å². The van der Waals surface area contributed by atoms with Gasteiger partial charge in [0.1, 0.15) is 0 Å². The lowest BCUT2D eigenvalue weighted by Gasteiger charge is -2.37. The number of thiophene rings is 1. The molecule has 4 nitrogen and oxygen atoms in total. The molecular weight excluding hydrogens is 306 g/mol. The van der Waals surface area contributed by atoms with Crippen LogP contribution in [0, 0.1) is 0 Å². The van der Waals surface area contributed by atoms with Gasteiger partial charge >= 0.3 is 0 Å². The number of sulfonamides is 1. The van der Waals surface area contributed by atoms with Crippen LogP contribution in [0.15, 0.2) is 16.3 Å². The number of hydrogen-bond acceptors (Lipinski definition) is 4. The summed E-state index contributed by atoms with van der Waals surface area (Å²) in [7, 11) is -3.48. The van der Waals surface area contributed by atoms with E-state index in [2.05, 4.69) is 0 Å². The van der Waals surface area contributed by atoms with Gasteiger partial charge in [-0.3, -0.25) is 0 Å². The van der Waals surface area contributed by atoms with E-state index < -0.39 is 10.0 Å². The molecule has 0 aliphatic carbocycles. The summed E-state index contributed by atoms with van der Waals surface area (Å²) >= 11 is 7.20. The standard InChI is InChI=1S/C12H18ClNO3S2/c1-3-10-8-17-9(2)7-14(10)19(15,16)12-4-5-18-11(12)6-13/h4-5,9-10H,3,6-8H2,1-2H3. The predicted molar refractivity (Wildman–Crippen MR) is 77.3 cm³/mol. The van der Waals surface area contributed by atoms with Crippen LogP contribution in [-0.2, 0) is 20.6 Å². The first-order chi connectivity index (χ1) is 9.00. The van der Waals surface area contributed by atoms with Crippen LogP contribution in [0.5, 0.6) is 0 Å². The highest BCUT2D eigenvalue weighted by molar-refractivity contribution is 7.89. The van der Waals surface area contributed by atoms with Gasteiger partial charge in [-0.25, -0.2) is 8.42 Å². The third-order valence-electron chi connectivity index (χ3n) is 3.30. The highest BCUT2D eigenvalue weighted by atomic mass is 35.5. The summed E-state index contributed by atoms with van der Waals surface area (Å²) in [5.41, 5.74) is 0. The van der Waals surface area contributed by atoms with E-state index in [1.165, 1.54) is 11.3 Å². The van der Waals surface area contributed by atoms with Crippen LogP contribution in [0.1, 0.15) is 25.1 Å². The van der Waals surface area contributed by atoms with Gasteiger partial charge in [0.15, 0.2) is 0 Å². The number of morpholine rings is 1. The van der Waals surface area contributed by atoms with Crippen molar-refractivity contribution in [3.05, 3.63) is 16.3 Å². The van der Waals surface area contributed by atoms with Crippen LogP contribution < -0.4 is 0 Å². The summed E-state index contributed by atoms with van der Waals surface area (Å²) < 4.78 is 32.6. The smallest absolute Gasteiger partial charge is 0.244 e. The minimum Gasteiger partial charge on any atom is -0.375 e. The lowest BCUT2D eigenvalue weighted by molar-refractivity contribution is -0.0230. The maximum atomic E-state index is 12.8. The van der Waals surface area contributed by atoms with Gasteiger partial charge in [0.2, 0.25) is 10.0 Å². The molecule has 2 rings (SSSR count). The van der Waals surface area contributed by atoms with Crippen LogP contribution >= 0.6 is 22.9 Å². The van der Waals surface area contributed by atoms with Crippen molar-refractivity contribution in [1.29, 1.82) is 0 Å². The van der Waals surface area contributed by atoms with Gasteiger partial charge in [-0.05, 0) is 24.8 Å². The van der Waals surface area contributed by atoms with Crippen LogP contribution in [0.25, 0.3) is 0 Å². The van der Waals surface area contributed by atoms with Gasteiger partial charge in [0.25, 0.3) is 0 Å². The van der Waals surface area contributed by atoms with Crippen molar-refractivity contribution in [3.63, 3.8) is 0 Å². The fourth-order valence-electron chi connectivity index (χ4n) is 2.21. The Morgan fingerprint density at radius 1 is 1.58 bits per heavy atom. The van der Waals surface area contributed by atoms with E-state index >= 15 is 0 Å². The summed E-state index contributed by atoms with van der Waals surface area (Å²) in [4.78, 5) is 1.05. The van der Waals surface area contributed by atoms with Gasteiger partial charge < -0.3 is 4.74 Å². The average Bonchev–Trinajstić information content (AvgIpc) is 2.87. The maximum absolute atomic E-state index is 12.8. The van der Waals surface area contributed by atoms with Crippen molar-refractivity contribution in [2.45, 2.75) is 43.2 Å². The van der Waals surface area contributed by atoms with Crippen molar-refractivity contribution < 1.29 is 13.2 Å². The van der Waals surface area contributed by atoms with Crippen molar-refractivity contribution in [2.24, 2.45) is 0 Å². The minimum absolute atomic E-state index is 0.0735. The molecule has 0 radical (unpaired) electrons. The van der Waals surface area contributed by atoms with E-state index in [4.69, 9.17) is 16.3 Å². The molecular formula is C12H18ClNO3S2. The van der Waals surface area contributed by atoms with Gasteiger partial charge in [-0.15, -0.1) is 22.9 Å².